The molecule has 0 aliphatic carbocycles. The zero-order valence-corrected chi connectivity index (χ0v) is 16.3. The second kappa shape index (κ2) is 8.19. The van der Waals surface area contributed by atoms with E-state index in [1.807, 2.05) is 43.3 Å². The van der Waals surface area contributed by atoms with E-state index in [2.05, 4.69) is 10.2 Å². The number of benzene rings is 2. The molecule has 2 aromatic rings. The molecule has 26 heavy (non-hydrogen) atoms. The molecule has 1 aliphatic rings. The van der Waals surface area contributed by atoms with Gasteiger partial charge in [-0.25, -0.2) is 0 Å². The maximum atomic E-state index is 11.2. The highest BCUT2D eigenvalue weighted by atomic mass is 35.5. The van der Waals surface area contributed by atoms with Gasteiger partial charge < -0.3 is 15.0 Å². The molecule has 1 amide bonds. The zero-order valence-electron chi connectivity index (χ0n) is 14.8. The summed E-state index contributed by atoms with van der Waals surface area (Å²) in [5.41, 5.74) is 2.00. The van der Waals surface area contributed by atoms with Gasteiger partial charge >= 0.3 is 0 Å². The van der Waals surface area contributed by atoms with E-state index in [1.165, 1.54) is 6.92 Å². The molecule has 1 fully saturated rings. The molecule has 2 aromatic carbocycles. The maximum Gasteiger partial charge on any atom is 0.217 e. The van der Waals surface area contributed by atoms with Crippen LogP contribution in [0, 0.1) is 0 Å². The average Bonchev–Trinajstić information content (AvgIpc) is 3.05. The van der Waals surface area contributed by atoms with Crippen LogP contribution in [0.15, 0.2) is 42.5 Å². The van der Waals surface area contributed by atoms with E-state index in [-0.39, 0.29) is 18.1 Å². The number of ether oxygens (including phenoxy) is 1. The van der Waals surface area contributed by atoms with Crippen molar-refractivity contribution in [1.82, 2.24) is 5.32 Å². The quantitative estimate of drug-likeness (QED) is 0.790. The molecule has 138 valence electrons. The fourth-order valence-corrected chi connectivity index (χ4v) is 3.59. The summed E-state index contributed by atoms with van der Waals surface area (Å²) in [6.07, 6.45) is 1.02. The highest BCUT2D eigenvalue weighted by molar-refractivity contribution is 6.35. The summed E-state index contributed by atoms with van der Waals surface area (Å²) in [5, 5.41) is 4.25. The number of hydrogen-bond donors (Lipinski definition) is 1. The highest BCUT2D eigenvalue weighted by Crippen LogP contribution is 2.32. The predicted octanol–water partition coefficient (Wildman–Crippen LogP) is 4.85. The van der Waals surface area contributed by atoms with Gasteiger partial charge in [0.15, 0.2) is 0 Å². The lowest BCUT2D eigenvalue weighted by molar-refractivity contribution is -0.119. The van der Waals surface area contributed by atoms with E-state index in [9.17, 15) is 4.79 Å². The van der Waals surface area contributed by atoms with Crippen molar-refractivity contribution < 1.29 is 9.53 Å². The molecule has 6 heteroatoms. The maximum absolute atomic E-state index is 11.2. The van der Waals surface area contributed by atoms with Crippen LogP contribution >= 0.6 is 23.2 Å². The smallest absolute Gasteiger partial charge is 0.217 e. The Morgan fingerprint density at radius 2 is 1.96 bits per heavy atom. The van der Waals surface area contributed by atoms with Crippen LogP contribution in [-0.2, 0) is 4.79 Å². The van der Waals surface area contributed by atoms with Crippen LogP contribution in [0.4, 0.5) is 5.69 Å². The Bertz CT molecular complexity index is 780. The van der Waals surface area contributed by atoms with Gasteiger partial charge in [0.05, 0.1) is 23.3 Å². The molecule has 0 radical (unpaired) electrons. The molecule has 1 heterocycles. The Kier molecular flexibility index (Phi) is 5.94. The number of hydrogen-bond acceptors (Lipinski definition) is 3. The van der Waals surface area contributed by atoms with E-state index in [0.717, 1.165) is 36.5 Å². The van der Waals surface area contributed by atoms with Gasteiger partial charge in [-0.1, -0.05) is 35.3 Å². The van der Waals surface area contributed by atoms with Crippen LogP contribution < -0.4 is 15.0 Å². The average molecular weight is 393 g/mol. The van der Waals surface area contributed by atoms with Gasteiger partial charge in [0.1, 0.15) is 11.9 Å². The van der Waals surface area contributed by atoms with Gasteiger partial charge in [-0.05, 0) is 42.8 Å². The van der Waals surface area contributed by atoms with Crippen LogP contribution in [0.2, 0.25) is 10.0 Å². The summed E-state index contributed by atoms with van der Waals surface area (Å²) in [4.78, 5) is 13.4. The zero-order chi connectivity index (χ0) is 18.7. The predicted molar refractivity (Wildman–Crippen MR) is 106 cm³/mol. The second-order valence-electron chi connectivity index (χ2n) is 6.56. The van der Waals surface area contributed by atoms with Crippen LogP contribution in [0.3, 0.4) is 0 Å². The van der Waals surface area contributed by atoms with Crippen molar-refractivity contribution in [3.05, 3.63) is 58.1 Å². The SMILES string of the molecule is CC(=O)N[C@@H](C)c1ccc(O[C@@H]2CCN(c3cc(Cl)ccc3Cl)C2)cc1. The molecule has 1 aliphatic heterocycles. The van der Waals surface area contributed by atoms with E-state index in [4.69, 9.17) is 27.9 Å². The lowest BCUT2D eigenvalue weighted by Gasteiger charge is -2.21. The number of carbonyl (C=O) groups excluding carboxylic acids is 1. The van der Waals surface area contributed by atoms with E-state index >= 15 is 0 Å². The summed E-state index contributed by atoms with van der Waals surface area (Å²) in [6.45, 7) is 5.12. The molecule has 0 aromatic heterocycles. The topological polar surface area (TPSA) is 41.6 Å². The van der Waals surface area contributed by atoms with E-state index < -0.39 is 0 Å². The third-order valence-electron chi connectivity index (χ3n) is 4.50. The number of nitrogens with zero attached hydrogens (tertiary/aromatic N) is 1. The van der Waals surface area contributed by atoms with E-state index in [0.29, 0.717) is 10.0 Å². The van der Waals surface area contributed by atoms with Gasteiger partial charge in [-0.2, -0.15) is 0 Å². The number of nitrogens with one attached hydrogen (secondary N) is 1. The molecule has 0 saturated carbocycles. The minimum Gasteiger partial charge on any atom is -0.489 e. The summed E-state index contributed by atoms with van der Waals surface area (Å²) in [7, 11) is 0. The molecule has 1 N–H and O–H groups in total. The molecule has 0 unspecified atom stereocenters. The number of carbonyl (C=O) groups is 1. The Morgan fingerprint density at radius 1 is 1.23 bits per heavy atom. The van der Waals surface area contributed by atoms with Gasteiger partial charge in [0.2, 0.25) is 5.91 Å². The lowest BCUT2D eigenvalue weighted by atomic mass is 10.1. The second-order valence-corrected chi connectivity index (χ2v) is 7.41. The first-order chi connectivity index (χ1) is 12.4. The minimum absolute atomic E-state index is 0.0199. The Morgan fingerprint density at radius 3 is 2.65 bits per heavy atom. The summed E-state index contributed by atoms with van der Waals surface area (Å²) >= 11 is 12.4. The van der Waals surface area contributed by atoms with Gasteiger partial charge in [0, 0.05) is 24.9 Å². The molecule has 0 bridgehead atoms. The Balaban J connectivity index is 1.60. The minimum atomic E-state index is -0.0384. The molecule has 1 saturated heterocycles. The normalized spacial score (nSPS) is 17.8. The first-order valence-electron chi connectivity index (χ1n) is 8.66. The fraction of sp³-hybridized carbons (Fsp3) is 0.350. The molecule has 4 nitrogen and oxygen atoms in total. The standard InChI is InChI=1S/C20H22Cl2N2O2/c1-13(23-14(2)25)15-3-6-17(7-4-15)26-18-9-10-24(12-18)20-11-16(21)5-8-19(20)22/h3-8,11,13,18H,9-10,12H2,1-2H3,(H,23,25)/t13-,18+/m0/s1. The first kappa shape index (κ1) is 18.9. The summed E-state index contributed by atoms with van der Waals surface area (Å²) in [5.74, 6) is 0.788. The molecular weight excluding hydrogens is 371 g/mol. The van der Waals surface area contributed by atoms with Crippen molar-refractivity contribution >= 4 is 34.8 Å². The number of rotatable bonds is 5. The Hall–Kier alpha value is -1.91. The lowest BCUT2D eigenvalue weighted by Crippen LogP contribution is -2.25. The first-order valence-corrected chi connectivity index (χ1v) is 9.41. The molecule has 2 atom stereocenters. The van der Waals surface area contributed by atoms with Crippen molar-refractivity contribution in [1.29, 1.82) is 0 Å². The molecule has 3 rings (SSSR count). The van der Waals surface area contributed by atoms with Crippen molar-refractivity contribution in [2.45, 2.75) is 32.4 Å². The van der Waals surface area contributed by atoms with Crippen LogP contribution in [0.5, 0.6) is 5.75 Å². The molecular formula is C20H22Cl2N2O2. The summed E-state index contributed by atoms with van der Waals surface area (Å²) < 4.78 is 6.11. The third-order valence-corrected chi connectivity index (χ3v) is 5.05. The van der Waals surface area contributed by atoms with Crippen LogP contribution in [-0.4, -0.2) is 25.1 Å². The summed E-state index contributed by atoms with van der Waals surface area (Å²) in [6, 6.07) is 13.3. The fourth-order valence-electron chi connectivity index (χ4n) is 3.19. The number of halogens is 2. The molecule has 0 spiro atoms. The number of amides is 1. The largest absolute Gasteiger partial charge is 0.489 e. The number of anilines is 1. The van der Waals surface area contributed by atoms with Crippen molar-refractivity contribution in [3.63, 3.8) is 0 Å². The van der Waals surface area contributed by atoms with Crippen LogP contribution in [0.1, 0.15) is 31.9 Å². The third kappa shape index (κ3) is 4.63. The van der Waals surface area contributed by atoms with Crippen molar-refractivity contribution in [2.24, 2.45) is 0 Å². The van der Waals surface area contributed by atoms with Gasteiger partial charge in [0.25, 0.3) is 0 Å². The monoisotopic (exact) mass is 392 g/mol. The van der Waals surface area contributed by atoms with E-state index in [1.54, 1.807) is 6.07 Å². The van der Waals surface area contributed by atoms with Crippen molar-refractivity contribution in [2.75, 3.05) is 18.0 Å². The van der Waals surface area contributed by atoms with Gasteiger partial charge in [-0.3, -0.25) is 4.79 Å². The van der Waals surface area contributed by atoms with Gasteiger partial charge in [-0.15, -0.1) is 0 Å². The highest BCUT2D eigenvalue weighted by Gasteiger charge is 2.25. The Labute approximate surface area is 164 Å². The van der Waals surface area contributed by atoms with Crippen LogP contribution in [0.25, 0.3) is 0 Å². The van der Waals surface area contributed by atoms with Crippen molar-refractivity contribution in [3.8, 4) is 5.75 Å².